The fourth-order valence-corrected chi connectivity index (χ4v) is 1.45. The van der Waals surface area contributed by atoms with E-state index in [-0.39, 0.29) is 0 Å². The summed E-state index contributed by atoms with van der Waals surface area (Å²) in [6, 6.07) is 0.500. The fourth-order valence-electron chi connectivity index (χ4n) is 1.45. The van der Waals surface area contributed by atoms with Crippen LogP contribution in [0.4, 0.5) is 0 Å². The van der Waals surface area contributed by atoms with E-state index in [0.717, 1.165) is 31.6 Å². The molecule has 1 aromatic rings. The van der Waals surface area contributed by atoms with Gasteiger partial charge in [-0.1, -0.05) is 19.1 Å². The molecule has 19 heavy (non-hydrogen) atoms. The average molecular weight is 270 g/mol. The van der Waals surface area contributed by atoms with Crippen molar-refractivity contribution in [2.24, 2.45) is 5.73 Å². The number of hydrogen-bond donors (Lipinski definition) is 3. The van der Waals surface area contributed by atoms with Crippen LogP contribution in [0.2, 0.25) is 0 Å². The van der Waals surface area contributed by atoms with Gasteiger partial charge in [-0.15, -0.1) is 5.10 Å². The summed E-state index contributed by atoms with van der Waals surface area (Å²) in [5, 5.41) is 14.1. The minimum Gasteiger partial charge on any atom is -0.359 e. The summed E-state index contributed by atoms with van der Waals surface area (Å²) < 4.78 is 1.82. The van der Waals surface area contributed by atoms with Gasteiger partial charge in [0.25, 0.3) is 0 Å². The first-order chi connectivity index (χ1) is 9.22. The lowest BCUT2D eigenvalue weighted by Crippen LogP contribution is -2.25. The topological polar surface area (TPSA) is 97.9 Å². The Morgan fingerprint density at radius 2 is 2.16 bits per heavy atom. The van der Waals surface area contributed by atoms with Crippen LogP contribution in [0.5, 0.6) is 0 Å². The molecular weight excluding hydrogens is 244 g/mol. The Hall–Kier alpha value is -1.47. The van der Waals surface area contributed by atoms with Gasteiger partial charge in [-0.3, -0.25) is 9.48 Å². The summed E-state index contributed by atoms with van der Waals surface area (Å²) >= 11 is 0. The van der Waals surface area contributed by atoms with Gasteiger partial charge < -0.3 is 16.4 Å². The maximum Gasteiger partial charge on any atom is 0.207 e. The highest BCUT2D eigenvalue weighted by Gasteiger charge is 2.01. The second-order valence-electron chi connectivity index (χ2n) is 4.26. The van der Waals surface area contributed by atoms with Crippen LogP contribution in [0.25, 0.3) is 0 Å². The molecule has 7 heteroatoms. The molecule has 0 aliphatic heterocycles. The van der Waals surface area contributed by atoms with Gasteiger partial charge >= 0.3 is 0 Å². The summed E-state index contributed by atoms with van der Waals surface area (Å²) in [6.07, 6.45) is 4.43. The van der Waals surface area contributed by atoms with Crippen molar-refractivity contribution in [1.82, 2.24) is 25.6 Å². The molecule has 0 bridgehead atoms. The van der Waals surface area contributed by atoms with Crippen molar-refractivity contribution in [2.45, 2.75) is 39.3 Å². The van der Waals surface area contributed by atoms with Gasteiger partial charge in [0.05, 0.1) is 5.69 Å². The van der Waals surface area contributed by atoms with Crippen molar-refractivity contribution in [1.29, 1.82) is 0 Å². The van der Waals surface area contributed by atoms with Gasteiger partial charge in [0.15, 0.2) is 0 Å². The molecule has 0 saturated carbocycles. The van der Waals surface area contributed by atoms with E-state index < -0.39 is 0 Å². The van der Waals surface area contributed by atoms with Crippen molar-refractivity contribution in [3.63, 3.8) is 0 Å². The molecule has 0 spiro atoms. The van der Waals surface area contributed by atoms with Crippen LogP contribution in [0.15, 0.2) is 6.20 Å². The lowest BCUT2D eigenvalue weighted by molar-refractivity contribution is -0.109. The Morgan fingerprint density at radius 3 is 2.79 bits per heavy atom. The summed E-state index contributed by atoms with van der Waals surface area (Å²) in [5.41, 5.74) is 5.50. The molecule has 0 atom stereocenters. The minimum atomic E-state index is 0.500. The first-order valence-electron chi connectivity index (χ1n) is 6.59. The monoisotopic (exact) mass is 270 g/mol. The summed E-state index contributed by atoms with van der Waals surface area (Å²) in [6.45, 7) is 6.62. The van der Waals surface area contributed by atoms with E-state index in [0.29, 0.717) is 19.0 Å². The molecule has 0 radical (unpaired) electrons. The predicted molar refractivity (Wildman–Crippen MR) is 75.7 cm³/mol. The number of nitrogens with two attached hydrogens (primary N) is 1. The van der Waals surface area contributed by atoms with Gasteiger partial charge in [0.1, 0.15) is 0 Å². The van der Waals surface area contributed by atoms with Crippen LogP contribution >= 0.6 is 0 Å². The van der Waals surface area contributed by atoms with Crippen LogP contribution in [0.1, 0.15) is 26.0 Å². The van der Waals surface area contributed by atoms with Crippen molar-refractivity contribution in [3.8, 4) is 0 Å². The third kappa shape index (κ3) is 9.15. The lowest BCUT2D eigenvalue weighted by atomic mass is 10.3. The molecule has 1 heterocycles. The normalized spacial score (nSPS) is 9.95. The molecule has 0 fully saturated rings. The van der Waals surface area contributed by atoms with Crippen LogP contribution in [0.3, 0.4) is 0 Å². The van der Waals surface area contributed by atoms with Gasteiger partial charge in [-0.25, -0.2) is 0 Å². The van der Waals surface area contributed by atoms with Gasteiger partial charge in [0, 0.05) is 38.3 Å². The van der Waals surface area contributed by atoms with Crippen molar-refractivity contribution in [2.75, 3.05) is 20.1 Å². The quantitative estimate of drug-likeness (QED) is 0.416. The summed E-state index contributed by atoms with van der Waals surface area (Å²) in [4.78, 5) is 10.0. The van der Waals surface area contributed by atoms with Gasteiger partial charge in [-0.05, 0) is 13.5 Å². The van der Waals surface area contributed by atoms with Crippen molar-refractivity contribution >= 4 is 6.41 Å². The Labute approximate surface area is 114 Å². The lowest BCUT2D eigenvalue weighted by Gasteiger charge is -2.05. The second-order valence-corrected chi connectivity index (χ2v) is 4.26. The molecule has 0 aliphatic carbocycles. The number of carbonyl (C=O) groups is 1. The van der Waals surface area contributed by atoms with Crippen LogP contribution in [0, 0.1) is 0 Å². The zero-order valence-corrected chi connectivity index (χ0v) is 12.1. The van der Waals surface area contributed by atoms with Crippen LogP contribution in [-0.4, -0.2) is 47.6 Å². The van der Waals surface area contributed by atoms with Crippen molar-refractivity contribution < 1.29 is 4.79 Å². The number of aromatic nitrogens is 3. The predicted octanol–water partition coefficient (Wildman–Crippen LogP) is -0.470. The number of amides is 1. The SMILES string of the molecule is CC(C)NCCc1cn(CCCNC=O)nn1.CN. The maximum atomic E-state index is 10.0. The zero-order chi connectivity index (χ0) is 14.5. The number of hydrogen-bond acceptors (Lipinski definition) is 5. The molecule has 1 amide bonds. The highest BCUT2D eigenvalue weighted by atomic mass is 16.1. The number of aryl methyl sites for hydroxylation is 1. The molecular formula is C12H26N6O. The van der Waals surface area contributed by atoms with Gasteiger partial charge in [0.2, 0.25) is 6.41 Å². The first kappa shape index (κ1) is 17.5. The molecule has 7 nitrogen and oxygen atoms in total. The number of rotatable bonds is 9. The van der Waals surface area contributed by atoms with E-state index in [1.165, 1.54) is 7.05 Å². The second kappa shape index (κ2) is 11.6. The van der Waals surface area contributed by atoms with E-state index in [1.807, 2.05) is 10.9 Å². The molecule has 110 valence electrons. The highest BCUT2D eigenvalue weighted by molar-refractivity contribution is 5.45. The Kier molecular flexibility index (Phi) is 10.7. The average Bonchev–Trinajstić information content (AvgIpc) is 2.85. The van der Waals surface area contributed by atoms with Crippen molar-refractivity contribution in [3.05, 3.63) is 11.9 Å². The van der Waals surface area contributed by atoms with Crippen LogP contribution < -0.4 is 16.4 Å². The molecule has 1 aromatic heterocycles. The third-order valence-corrected chi connectivity index (χ3v) is 2.31. The smallest absolute Gasteiger partial charge is 0.207 e. The molecule has 1 rings (SSSR count). The maximum absolute atomic E-state index is 10.0. The van der Waals surface area contributed by atoms with Gasteiger partial charge in [-0.2, -0.15) is 0 Å². The van der Waals surface area contributed by atoms with Crippen LogP contribution in [-0.2, 0) is 17.8 Å². The Balaban J connectivity index is 0.00000154. The number of nitrogens with one attached hydrogen (secondary N) is 2. The third-order valence-electron chi connectivity index (χ3n) is 2.31. The molecule has 4 N–H and O–H groups in total. The van der Waals surface area contributed by atoms with E-state index in [9.17, 15) is 4.79 Å². The zero-order valence-electron chi connectivity index (χ0n) is 12.1. The standard InChI is InChI=1S/C11H21N5O.CH5N/c1-10(2)13-6-4-11-8-16(15-14-11)7-3-5-12-9-17;1-2/h8-10,13H,3-7H2,1-2H3,(H,12,17);2H2,1H3. The summed E-state index contributed by atoms with van der Waals surface area (Å²) in [7, 11) is 1.50. The number of carbonyl (C=O) groups excluding carboxylic acids is 1. The molecule has 0 aromatic carbocycles. The van der Waals surface area contributed by atoms with E-state index in [2.05, 4.69) is 40.5 Å². The highest BCUT2D eigenvalue weighted by Crippen LogP contribution is 1.95. The van der Waals surface area contributed by atoms with E-state index in [1.54, 1.807) is 0 Å². The fraction of sp³-hybridized carbons (Fsp3) is 0.750. The Morgan fingerprint density at radius 1 is 1.42 bits per heavy atom. The Bertz CT molecular complexity index is 326. The summed E-state index contributed by atoms with van der Waals surface area (Å²) in [5.74, 6) is 0. The van der Waals surface area contributed by atoms with E-state index in [4.69, 9.17) is 0 Å². The molecule has 0 aliphatic rings. The molecule has 0 saturated heterocycles. The largest absolute Gasteiger partial charge is 0.359 e. The number of nitrogens with zero attached hydrogens (tertiary/aromatic N) is 3. The first-order valence-corrected chi connectivity index (χ1v) is 6.59. The molecule has 0 unspecified atom stereocenters. The van der Waals surface area contributed by atoms with E-state index >= 15 is 0 Å². The minimum absolute atomic E-state index is 0.500.